The van der Waals surface area contributed by atoms with E-state index in [-0.39, 0.29) is 25.7 Å². The largest absolute Gasteiger partial charge is 0.372 e. The van der Waals surface area contributed by atoms with Gasteiger partial charge in [-0.1, -0.05) is 84.9 Å². The quantitative estimate of drug-likeness (QED) is 0.402. The van der Waals surface area contributed by atoms with Gasteiger partial charge in [-0.15, -0.1) is 0 Å². The van der Waals surface area contributed by atoms with Crippen molar-refractivity contribution in [2.45, 2.75) is 11.6 Å². The summed E-state index contributed by atoms with van der Waals surface area (Å²) in [6, 6.07) is 32.0. The Morgan fingerprint density at radius 3 is 1.74 bits per heavy atom. The maximum Gasteiger partial charge on any atom is 0.329 e. The van der Waals surface area contributed by atoms with Crippen molar-refractivity contribution in [2.75, 3.05) is 24.5 Å². The van der Waals surface area contributed by atoms with Gasteiger partial charge in [-0.05, 0) is 35.4 Å². The van der Waals surface area contributed by atoms with Crippen LogP contribution >= 0.6 is 0 Å². The number of anilines is 2. The van der Waals surface area contributed by atoms with Crippen molar-refractivity contribution in [3.63, 3.8) is 0 Å². The van der Waals surface area contributed by atoms with E-state index in [2.05, 4.69) is 0 Å². The van der Waals surface area contributed by atoms with Crippen LogP contribution in [0.2, 0.25) is 0 Å². The normalized spacial score (nSPS) is 17.2. The van der Waals surface area contributed by atoms with Crippen molar-refractivity contribution in [3.8, 4) is 11.1 Å². The summed E-state index contributed by atoms with van der Waals surface area (Å²) in [5.74, 6) is -0.563. The number of fused-ring (bicyclic) bond motifs is 3. The number of para-hydroxylation sites is 2. The summed E-state index contributed by atoms with van der Waals surface area (Å²) in [6.07, 6.45) is 0.683. The highest BCUT2D eigenvalue weighted by molar-refractivity contribution is 6.01. The maximum absolute atomic E-state index is 14.1. The highest BCUT2D eigenvalue weighted by atomic mass is 16.3. The van der Waals surface area contributed by atoms with Gasteiger partial charge >= 0.3 is 6.03 Å². The van der Waals surface area contributed by atoms with E-state index in [1.165, 1.54) is 4.90 Å². The third kappa shape index (κ3) is 3.99. The number of nitrogens with zero attached hydrogens (tertiary/aromatic N) is 3. The van der Waals surface area contributed by atoms with Crippen LogP contribution in [0.3, 0.4) is 0 Å². The van der Waals surface area contributed by atoms with Crippen LogP contribution in [0, 0.1) is 0 Å². The number of hydrogen-bond donors (Lipinski definition) is 1. The zero-order valence-electron chi connectivity index (χ0n) is 21.2. The topological polar surface area (TPSA) is 81.2 Å². The number of carbonyl (C=O) groups is 3. The molecule has 0 aromatic heterocycles. The summed E-state index contributed by atoms with van der Waals surface area (Å²) < 4.78 is 0. The first-order chi connectivity index (χ1) is 19.0. The second-order valence-corrected chi connectivity index (χ2v) is 9.74. The number of aliphatic hydroxyl groups is 1. The molecule has 194 valence electrons. The lowest BCUT2D eigenvalue weighted by Gasteiger charge is -2.43. The zero-order valence-corrected chi connectivity index (χ0v) is 21.2. The lowest BCUT2D eigenvalue weighted by molar-refractivity contribution is -0.153. The predicted molar refractivity (Wildman–Crippen MR) is 148 cm³/mol. The van der Waals surface area contributed by atoms with Crippen LogP contribution in [0.25, 0.3) is 11.1 Å². The molecule has 0 unspecified atom stereocenters. The summed E-state index contributed by atoms with van der Waals surface area (Å²) in [4.78, 5) is 44.9. The molecule has 7 heteroatoms. The van der Waals surface area contributed by atoms with E-state index in [0.717, 1.165) is 11.1 Å². The lowest BCUT2D eigenvalue weighted by atomic mass is 9.89. The van der Waals surface area contributed by atoms with Gasteiger partial charge in [0, 0.05) is 30.8 Å². The second kappa shape index (κ2) is 9.85. The van der Waals surface area contributed by atoms with Gasteiger partial charge in [-0.2, -0.15) is 0 Å². The third-order valence-corrected chi connectivity index (χ3v) is 7.56. The number of rotatable bonds is 4. The van der Waals surface area contributed by atoms with Gasteiger partial charge in [0.2, 0.25) is 0 Å². The van der Waals surface area contributed by atoms with Crippen molar-refractivity contribution in [1.82, 2.24) is 9.80 Å². The number of amides is 3. The second-order valence-electron chi connectivity index (χ2n) is 9.74. The summed E-state index contributed by atoms with van der Waals surface area (Å²) in [6.45, 7) is 0.339. The first-order valence-corrected chi connectivity index (χ1v) is 12.9. The SMILES string of the molecule is O=C[C@@H]1CN(C(=O)N(c2ccccc2)c2ccccc2)CCN1C(=O)C1(O)c2ccccc2-c2ccccc21. The van der Waals surface area contributed by atoms with Crippen LogP contribution in [0.5, 0.6) is 0 Å². The minimum absolute atomic E-state index is 0.0175. The Kier molecular flexibility index (Phi) is 6.21. The molecule has 1 saturated heterocycles. The van der Waals surface area contributed by atoms with E-state index in [1.807, 2.05) is 84.9 Å². The Morgan fingerprint density at radius 2 is 1.23 bits per heavy atom. The summed E-state index contributed by atoms with van der Waals surface area (Å²) in [5, 5.41) is 12.0. The standard InChI is InChI=1S/C32H27N3O4/c36-22-25-21-33(31(38)35(23-11-3-1-4-12-23)24-13-5-2-6-14-24)19-20-34(25)30(37)32(39)28-17-9-7-15-26(28)27-16-8-10-18-29(27)32/h1-18,22,25,39H,19-21H2/t25-/m0/s1. The van der Waals surface area contributed by atoms with Crippen LogP contribution < -0.4 is 4.90 Å². The van der Waals surface area contributed by atoms with Crippen LogP contribution in [-0.4, -0.2) is 58.8 Å². The maximum atomic E-state index is 14.1. The molecule has 1 atom stereocenters. The van der Waals surface area contributed by atoms with Gasteiger partial charge in [0.1, 0.15) is 12.3 Å². The molecule has 1 fully saturated rings. The monoisotopic (exact) mass is 517 g/mol. The van der Waals surface area contributed by atoms with Gasteiger partial charge < -0.3 is 19.7 Å². The zero-order chi connectivity index (χ0) is 27.0. The van der Waals surface area contributed by atoms with E-state index in [1.54, 1.807) is 34.1 Å². The van der Waals surface area contributed by atoms with Gasteiger partial charge in [0.05, 0.1) is 11.4 Å². The Morgan fingerprint density at radius 1 is 0.744 bits per heavy atom. The fourth-order valence-corrected chi connectivity index (χ4v) is 5.67. The summed E-state index contributed by atoms with van der Waals surface area (Å²) >= 11 is 0. The average Bonchev–Trinajstić information content (AvgIpc) is 3.27. The average molecular weight is 518 g/mol. The van der Waals surface area contributed by atoms with E-state index >= 15 is 0 Å². The smallest absolute Gasteiger partial charge is 0.329 e. The highest BCUT2D eigenvalue weighted by Gasteiger charge is 2.51. The van der Waals surface area contributed by atoms with E-state index in [9.17, 15) is 19.5 Å². The molecule has 0 radical (unpaired) electrons. The molecule has 4 aromatic carbocycles. The number of benzene rings is 4. The first kappa shape index (κ1) is 24.6. The Balaban J connectivity index is 1.30. The van der Waals surface area contributed by atoms with Gasteiger partial charge in [-0.3, -0.25) is 9.69 Å². The van der Waals surface area contributed by atoms with Crippen LogP contribution in [-0.2, 0) is 15.2 Å². The molecule has 4 aromatic rings. The molecule has 6 rings (SSSR count). The molecule has 0 spiro atoms. The minimum atomic E-state index is -1.92. The minimum Gasteiger partial charge on any atom is -0.372 e. The van der Waals surface area contributed by atoms with Crippen molar-refractivity contribution < 1.29 is 19.5 Å². The molecule has 1 aliphatic carbocycles. The number of hydrogen-bond acceptors (Lipinski definition) is 4. The molecule has 39 heavy (non-hydrogen) atoms. The van der Waals surface area contributed by atoms with Gasteiger partial charge in [0.25, 0.3) is 5.91 Å². The molecule has 0 bridgehead atoms. The fourth-order valence-electron chi connectivity index (χ4n) is 5.67. The van der Waals surface area contributed by atoms with E-state index < -0.39 is 17.6 Å². The van der Waals surface area contributed by atoms with Crippen LogP contribution in [0.1, 0.15) is 11.1 Å². The Hall–Kier alpha value is -4.75. The van der Waals surface area contributed by atoms with E-state index in [4.69, 9.17) is 0 Å². The molecule has 1 aliphatic heterocycles. The first-order valence-electron chi connectivity index (χ1n) is 12.9. The number of carbonyl (C=O) groups excluding carboxylic acids is 3. The van der Waals surface area contributed by atoms with Crippen molar-refractivity contribution in [1.29, 1.82) is 0 Å². The van der Waals surface area contributed by atoms with Gasteiger partial charge in [0.15, 0.2) is 5.60 Å². The molecular formula is C32H27N3O4. The Bertz CT molecular complexity index is 1450. The predicted octanol–water partition coefficient (Wildman–Crippen LogP) is 4.57. The molecule has 1 N–H and O–H groups in total. The van der Waals surface area contributed by atoms with Crippen molar-refractivity contribution in [2.24, 2.45) is 0 Å². The summed E-state index contributed by atoms with van der Waals surface area (Å²) in [5.41, 5.74) is 2.06. The van der Waals surface area contributed by atoms with Crippen molar-refractivity contribution in [3.05, 3.63) is 120 Å². The molecule has 2 aliphatic rings. The van der Waals surface area contributed by atoms with Crippen LogP contribution in [0.15, 0.2) is 109 Å². The molecular weight excluding hydrogens is 490 g/mol. The van der Waals surface area contributed by atoms with Gasteiger partial charge in [-0.25, -0.2) is 4.79 Å². The fraction of sp³-hybridized carbons (Fsp3) is 0.156. The van der Waals surface area contributed by atoms with Crippen molar-refractivity contribution >= 4 is 29.6 Å². The van der Waals surface area contributed by atoms with Crippen LogP contribution in [0.4, 0.5) is 16.2 Å². The lowest BCUT2D eigenvalue weighted by Crippen LogP contribution is -2.62. The Labute approximate surface area is 226 Å². The molecule has 3 amide bonds. The third-order valence-electron chi connectivity index (χ3n) is 7.56. The molecule has 1 heterocycles. The molecule has 7 nitrogen and oxygen atoms in total. The number of piperazine rings is 1. The highest BCUT2D eigenvalue weighted by Crippen LogP contribution is 2.48. The number of aldehydes is 1. The van der Waals surface area contributed by atoms with E-state index in [0.29, 0.717) is 28.8 Å². The summed E-state index contributed by atoms with van der Waals surface area (Å²) in [7, 11) is 0. The number of urea groups is 1. The molecule has 0 saturated carbocycles.